The number of carbonyl (C=O) groups excluding carboxylic acids is 7. The van der Waals surface area contributed by atoms with Crippen molar-refractivity contribution < 1.29 is 62.0 Å². The van der Waals surface area contributed by atoms with Gasteiger partial charge >= 0.3 is 6.09 Å². The molecule has 2 N–H and O–H groups in total. The van der Waals surface area contributed by atoms with E-state index >= 15 is 0 Å². The van der Waals surface area contributed by atoms with Crippen LogP contribution in [0.5, 0.6) is 17.2 Å². The first-order valence-corrected chi connectivity index (χ1v) is 45.2. The number of nitrogens with zero attached hydrogens (tertiary/aromatic N) is 6. The van der Waals surface area contributed by atoms with E-state index in [4.69, 9.17) is 28.4 Å². The SMILES string of the molecule is COc1cc2c(cc1OCCCCCOc1cc3c(cc1C)C(=O)N1C=C(c4ccc(NC(=O)[C@H](C)CC(=O)[C@@H](NC(=O)OCC5c6ccccc6-c6ccccc65)C(C)C)cc4)C[C@H]1C(=O)N3COCC[Si](C)(C)C)N(COCC[Si](C)(C)C)C(=O)[C@@H]1CC(c3ccc(N4CCN(C)CC4)cc3)=CN1C2=O. The third-order valence-electron chi connectivity index (χ3n) is 21.2. The van der Waals surface area contributed by atoms with E-state index in [1.807, 2.05) is 75.5 Å². The van der Waals surface area contributed by atoms with Crippen LogP contribution in [0.2, 0.25) is 51.4 Å². The number of methoxy groups -OCH3 is 1. The van der Waals surface area contributed by atoms with E-state index in [9.17, 15) is 33.6 Å². The van der Waals surface area contributed by atoms with Crippen LogP contribution < -0.4 is 39.5 Å². The van der Waals surface area contributed by atoms with Crippen molar-refractivity contribution in [1.29, 1.82) is 0 Å². The number of ketones is 1. The number of unbranched alkanes of at least 4 members (excludes halogenated alkanes) is 2. The molecule has 4 atom stereocenters. The molecule has 1 fully saturated rings. The van der Waals surface area contributed by atoms with E-state index in [0.717, 1.165) is 100 Å². The van der Waals surface area contributed by atoms with Gasteiger partial charge in [0.05, 0.1) is 48.9 Å². The maximum atomic E-state index is 15.0. The molecule has 6 aliphatic rings. The summed E-state index contributed by atoms with van der Waals surface area (Å²) >= 11 is 0. The van der Waals surface area contributed by atoms with Crippen LogP contribution in [0.3, 0.4) is 0 Å². The van der Waals surface area contributed by atoms with Gasteiger partial charge in [-0.1, -0.05) is 133 Å². The van der Waals surface area contributed by atoms with Gasteiger partial charge in [-0.3, -0.25) is 38.6 Å². The number of carbonyl (C=O) groups is 7. The van der Waals surface area contributed by atoms with Gasteiger partial charge in [0.1, 0.15) is 37.9 Å². The summed E-state index contributed by atoms with van der Waals surface area (Å²) in [6.45, 7) is 26.4. The summed E-state index contributed by atoms with van der Waals surface area (Å²) in [5.74, 6) is -1.65. The lowest BCUT2D eigenvalue weighted by Gasteiger charge is -2.34. The first-order valence-electron chi connectivity index (χ1n) is 37.8. The molecule has 23 heteroatoms. The molecule has 1 aliphatic carbocycles. The third kappa shape index (κ3) is 17.9. The summed E-state index contributed by atoms with van der Waals surface area (Å²) in [7, 11) is 0.708. The molecule has 5 aliphatic heterocycles. The Morgan fingerprint density at radius 3 is 1.61 bits per heavy atom. The number of anilines is 4. The normalized spacial score (nSPS) is 17.8. The molecule has 0 unspecified atom stereocenters. The van der Waals surface area contributed by atoms with Crippen LogP contribution in [-0.2, 0) is 33.4 Å². The summed E-state index contributed by atoms with van der Waals surface area (Å²) in [5, 5.41) is 5.73. The first-order chi connectivity index (χ1) is 51.2. The number of nitrogens with one attached hydrogen (secondary N) is 2. The van der Waals surface area contributed by atoms with E-state index < -0.39 is 46.3 Å². The van der Waals surface area contributed by atoms with Gasteiger partial charge in [-0.25, -0.2) is 4.79 Å². The minimum atomic E-state index is -1.51. The Bertz CT molecular complexity index is 4320. The molecule has 21 nitrogen and oxygen atoms in total. The minimum Gasteiger partial charge on any atom is -0.493 e. The second kappa shape index (κ2) is 33.4. The van der Waals surface area contributed by atoms with E-state index in [1.54, 1.807) is 64.2 Å². The minimum absolute atomic E-state index is 0.0259. The highest BCUT2D eigenvalue weighted by atomic mass is 28.3. The Balaban J connectivity index is 0.660. The number of aryl methyl sites for hydroxylation is 1. The maximum absolute atomic E-state index is 15.0. The highest BCUT2D eigenvalue weighted by molar-refractivity contribution is 6.76. The van der Waals surface area contributed by atoms with E-state index in [-0.39, 0.29) is 80.1 Å². The predicted molar refractivity (Wildman–Crippen MR) is 424 cm³/mol. The van der Waals surface area contributed by atoms with E-state index in [0.29, 0.717) is 91.1 Å². The van der Waals surface area contributed by atoms with Gasteiger partial charge in [0.2, 0.25) is 5.91 Å². The fraction of sp³-hybridized carbons (Fsp3) is 0.440. The number of ether oxygens (including phenoxy) is 6. The van der Waals surface area contributed by atoms with Crippen molar-refractivity contribution in [2.24, 2.45) is 11.8 Å². The Morgan fingerprint density at radius 1 is 0.579 bits per heavy atom. The first kappa shape index (κ1) is 77.2. The lowest BCUT2D eigenvalue weighted by Crippen LogP contribution is -2.45. The summed E-state index contributed by atoms with van der Waals surface area (Å²) in [4.78, 5) is 111. The zero-order valence-corrected chi connectivity index (χ0v) is 66.1. The van der Waals surface area contributed by atoms with Crippen molar-refractivity contribution in [3.8, 4) is 28.4 Å². The van der Waals surface area contributed by atoms with Crippen LogP contribution >= 0.6 is 0 Å². The third-order valence-corrected chi connectivity index (χ3v) is 24.6. The number of piperazine rings is 1. The fourth-order valence-electron chi connectivity index (χ4n) is 14.7. The van der Waals surface area contributed by atoms with Crippen LogP contribution in [0.4, 0.5) is 27.5 Å². The molecule has 107 heavy (non-hydrogen) atoms. The number of Topliss-reactive ketones (excluding diaryl/α,β-unsaturated/α-hetero) is 1. The topological polar surface area (TPSA) is 218 Å². The number of rotatable bonds is 31. The average Bonchev–Trinajstić information content (AvgIpc) is 1.63. The van der Waals surface area contributed by atoms with E-state index in [1.165, 1.54) is 12.0 Å². The Morgan fingerprint density at radius 2 is 1.08 bits per heavy atom. The number of benzene rings is 6. The molecule has 6 aromatic rings. The van der Waals surface area contributed by atoms with Crippen LogP contribution in [-0.4, -0.2) is 177 Å². The van der Waals surface area contributed by atoms with Gasteiger partial charge in [0.25, 0.3) is 23.6 Å². The van der Waals surface area contributed by atoms with Crippen LogP contribution in [0.1, 0.15) is 114 Å². The number of amides is 6. The van der Waals surface area contributed by atoms with Gasteiger partial charge in [0, 0.05) is 123 Å². The number of likely N-dealkylation sites (N-methyl/N-ethyl adjacent to an activating group) is 1. The Kier molecular flexibility index (Phi) is 24.1. The molecule has 0 aromatic heterocycles. The largest absolute Gasteiger partial charge is 0.493 e. The molecule has 6 aromatic carbocycles. The summed E-state index contributed by atoms with van der Waals surface area (Å²) in [6, 6.07) is 38.0. The number of hydrogen-bond donors (Lipinski definition) is 2. The molecular formula is C84H104N8O13Si2. The van der Waals surface area contributed by atoms with Gasteiger partial charge in [0.15, 0.2) is 17.3 Å². The second-order valence-corrected chi connectivity index (χ2v) is 43.2. The van der Waals surface area contributed by atoms with Gasteiger partial charge in [-0.05, 0) is 138 Å². The molecule has 0 saturated carbocycles. The lowest BCUT2D eigenvalue weighted by atomic mass is 9.93. The molecule has 6 amide bonds. The number of fused-ring (bicyclic) bond motifs is 7. The van der Waals surface area contributed by atoms with E-state index in [2.05, 4.69) is 103 Å². The van der Waals surface area contributed by atoms with Crippen molar-refractivity contribution in [2.75, 3.05) is 107 Å². The second-order valence-electron chi connectivity index (χ2n) is 32.0. The van der Waals surface area contributed by atoms with Gasteiger partial charge in [-0.2, -0.15) is 0 Å². The zero-order chi connectivity index (χ0) is 76.0. The highest BCUT2D eigenvalue weighted by Crippen LogP contribution is 2.46. The summed E-state index contributed by atoms with van der Waals surface area (Å²) < 4.78 is 37.1. The fourth-order valence-corrected chi connectivity index (χ4v) is 16.2. The highest BCUT2D eigenvalue weighted by Gasteiger charge is 2.46. The maximum Gasteiger partial charge on any atom is 0.407 e. The van der Waals surface area contributed by atoms with Crippen LogP contribution in [0, 0.1) is 18.8 Å². The average molecular weight is 1490 g/mol. The Hall–Kier alpha value is -9.40. The standard InChI is InChI=1S/C84H104N8O13Si2/c1-54(2)78(86-84(99)105-51-69-65-22-16-14-20-63(65)64-21-15-17-23-66(64)69)74(93)43-56(4)79(94)85-61-28-24-57(25-29-61)59-44-72-82(97)91(52-101-38-40-106(7,8)9)70-47-75(55(3)42-67(70)80(95)89(72)49-59)103-36-18-13-19-37-104-77-48-71-68(46-76(77)100-6)81(96)90-50-60(45-73(90)83(98)92(71)53-102-39-41-107(10,11)12)58-26-30-62(31-27-58)88-34-32-87(5)33-35-88/h14-17,20-31,42,46-50,54,56,69,72-73,78H,13,18-19,32-41,43-45,51-53H2,1-12H3,(H,85,94)(H,86,99)/t56-,72+,73+,78+/m1/s1. The van der Waals surface area contributed by atoms with Crippen molar-refractivity contribution >= 4 is 91.5 Å². The molecule has 12 rings (SSSR count). The smallest absolute Gasteiger partial charge is 0.407 e. The quantitative estimate of drug-likeness (QED) is 0.0305. The van der Waals surface area contributed by atoms with Crippen LogP contribution in [0.15, 0.2) is 134 Å². The summed E-state index contributed by atoms with van der Waals surface area (Å²) in [5.41, 5.74) is 11.6. The monoisotopic (exact) mass is 1490 g/mol. The van der Waals surface area contributed by atoms with Crippen molar-refractivity contribution in [2.45, 2.75) is 142 Å². The van der Waals surface area contributed by atoms with Crippen LogP contribution in [0.25, 0.3) is 22.3 Å². The van der Waals surface area contributed by atoms with Gasteiger partial charge in [-0.15, -0.1) is 0 Å². The Labute approximate surface area is 631 Å². The molecular weight excluding hydrogens is 1390 g/mol. The van der Waals surface area contributed by atoms with Crippen molar-refractivity contribution in [3.63, 3.8) is 0 Å². The zero-order valence-electron chi connectivity index (χ0n) is 64.1. The number of alkyl carbamates (subject to hydrolysis) is 1. The molecule has 0 radical (unpaired) electrons. The number of hydrogen-bond acceptors (Lipinski definition) is 15. The van der Waals surface area contributed by atoms with Crippen molar-refractivity contribution in [1.82, 2.24) is 20.0 Å². The molecule has 1 saturated heterocycles. The van der Waals surface area contributed by atoms with Gasteiger partial charge < -0.3 is 58.7 Å². The molecule has 0 bridgehead atoms. The molecule has 566 valence electrons. The predicted octanol–water partition coefficient (Wildman–Crippen LogP) is 14.3. The molecule has 5 heterocycles. The lowest BCUT2D eigenvalue weighted by molar-refractivity contribution is -0.127. The van der Waals surface area contributed by atoms with Crippen molar-refractivity contribution in [3.05, 3.63) is 173 Å². The summed E-state index contributed by atoms with van der Waals surface area (Å²) in [6.07, 6.45) is 5.38. The molecule has 0 spiro atoms.